The van der Waals surface area contributed by atoms with Gasteiger partial charge in [0.2, 0.25) is 0 Å². The molecule has 0 radical (unpaired) electrons. The first-order chi connectivity index (χ1) is 27.1. The van der Waals surface area contributed by atoms with E-state index in [0.717, 1.165) is 22.2 Å². The van der Waals surface area contributed by atoms with E-state index in [0.29, 0.717) is 0 Å². The molecule has 2 heterocycles. The lowest BCUT2D eigenvalue weighted by Crippen LogP contribution is -1.89. The highest BCUT2D eigenvalue weighted by Gasteiger charge is 2.17. The largest absolute Gasteiger partial charge is 0.260 e. The molecule has 0 aliphatic rings. The lowest BCUT2D eigenvalue weighted by atomic mass is 9.91. The molecule has 0 fully saturated rings. The van der Waals surface area contributed by atoms with Crippen molar-refractivity contribution < 1.29 is 0 Å². The van der Waals surface area contributed by atoms with Crippen LogP contribution in [0.2, 0.25) is 0 Å². The Labute approximate surface area is 325 Å². The fraction of sp³-hybridized carbons (Fsp3) is 0.0769. The van der Waals surface area contributed by atoms with Crippen LogP contribution in [0.25, 0.3) is 96.8 Å². The maximum atomic E-state index is 4.82. The van der Waals surface area contributed by atoms with Gasteiger partial charge < -0.3 is 0 Å². The third-order valence-electron chi connectivity index (χ3n) is 10.6. The molecule has 2 nitrogen and oxygen atoms in total. The third kappa shape index (κ3) is 5.93. The minimum atomic E-state index is 0.961. The first-order valence-corrected chi connectivity index (χ1v) is 19.5. The van der Waals surface area contributed by atoms with Crippen LogP contribution in [0.15, 0.2) is 157 Å². The van der Waals surface area contributed by atoms with Crippen LogP contribution in [-0.2, 0) is 0 Å². The van der Waals surface area contributed by atoms with Crippen LogP contribution in [0.5, 0.6) is 0 Å². The van der Waals surface area contributed by atoms with Gasteiger partial charge in [-0.2, -0.15) is 0 Å². The van der Waals surface area contributed by atoms with Gasteiger partial charge >= 0.3 is 0 Å². The number of pyridine rings is 1. The van der Waals surface area contributed by atoms with Crippen molar-refractivity contribution in [2.24, 2.45) is 4.99 Å². The van der Waals surface area contributed by atoms with Crippen molar-refractivity contribution in [3.8, 4) is 45.2 Å². The van der Waals surface area contributed by atoms with Gasteiger partial charge in [0, 0.05) is 38.0 Å². The van der Waals surface area contributed by atoms with Gasteiger partial charge in [-0.25, -0.2) is 0 Å². The number of hydrogen-bond donors (Lipinski definition) is 0. The van der Waals surface area contributed by atoms with Crippen molar-refractivity contribution >= 4 is 86.6 Å². The minimum Gasteiger partial charge on any atom is -0.260 e. The average Bonchev–Trinajstić information content (AvgIpc) is 3.63. The molecule has 0 N–H and O–H groups in total. The Bertz CT molecular complexity index is 3170. The fourth-order valence-electron chi connectivity index (χ4n) is 8.04. The Morgan fingerprint density at radius 2 is 1.05 bits per heavy atom. The first-order valence-electron chi connectivity index (χ1n) is 18.7. The highest BCUT2D eigenvalue weighted by Crippen LogP contribution is 2.45. The molecule has 2 aromatic heterocycles. The maximum Gasteiger partial charge on any atom is 0.0770 e. The number of benzene rings is 8. The second-order valence-electron chi connectivity index (χ2n) is 13.8. The smallest absolute Gasteiger partial charge is 0.0770 e. The topological polar surface area (TPSA) is 25.2 Å². The summed E-state index contributed by atoms with van der Waals surface area (Å²) in [5.41, 5.74) is 10.3. The lowest BCUT2D eigenvalue weighted by molar-refractivity contribution is 1.31. The molecule has 10 rings (SSSR count). The first kappa shape index (κ1) is 34.2. The van der Waals surface area contributed by atoms with Crippen LogP contribution in [0.4, 0.5) is 5.69 Å². The molecule has 55 heavy (non-hydrogen) atoms. The summed E-state index contributed by atoms with van der Waals surface area (Å²) in [6.07, 6.45) is 3.80. The zero-order valence-corrected chi connectivity index (χ0v) is 32.1. The van der Waals surface area contributed by atoms with E-state index >= 15 is 0 Å². The predicted octanol–water partition coefficient (Wildman–Crippen LogP) is 15.1. The Balaban J connectivity index is 0.000000949. The predicted molar refractivity (Wildman–Crippen MR) is 241 cm³/mol. The van der Waals surface area contributed by atoms with E-state index in [1.807, 2.05) is 44.5 Å². The second-order valence-corrected chi connectivity index (χ2v) is 14.9. The van der Waals surface area contributed by atoms with Crippen molar-refractivity contribution in [1.29, 1.82) is 0 Å². The van der Waals surface area contributed by atoms with Gasteiger partial charge in [0.25, 0.3) is 0 Å². The number of aryl methyl sites for hydroxylation is 1. The molecule has 10 aromatic rings. The summed E-state index contributed by atoms with van der Waals surface area (Å²) in [7, 11) is 0. The number of thiophene rings is 1. The normalized spacial score (nSPS) is 11.4. The van der Waals surface area contributed by atoms with Crippen LogP contribution < -0.4 is 0 Å². The standard InChI is InChI=1S/C48H32N2S.C4H6/c1-3-49-48-29(2)28-50-43-19-9-17-40(47(43)48)39-18-10-20-45-46(39)42-27-33(22-24-44(42)51-45)31-12-8-11-30(25-31)32-21-23-38-36-15-5-4-13-34(36)35-14-6-7-16-37(35)41(38)26-32;1-3-4-2/h3-28H,1-2H3;1-2H3. The average molecular weight is 723 g/mol. The van der Waals surface area contributed by atoms with Crippen molar-refractivity contribution in [3.05, 3.63) is 157 Å². The molecule has 0 spiro atoms. The second kappa shape index (κ2) is 14.3. The van der Waals surface area contributed by atoms with Gasteiger partial charge in [-0.05, 0) is 135 Å². The fourth-order valence-corrected chi connectivity index (χ4v) is 9.15. The third-order valence-corrected chi connectivity index (χ3v) is 11.8. The Hall–Kier alpha value is -6.60. The van der Waals surface area contributed by atoms with Crippen LogP contribution in [0.1, 0.15) is 26.3 Å². The summed E-state index contributed by atoms with van der Waals surface area (Å²) in [6, 6.07) is 53.6. The Morgan fingerprint density at radius 3 is 1.71 bits per heavy atom. The molecule has 262 valence electrons. The molecule has 0 aliphatic heterocycles. The number of fused-ring (bicyclic) bond motifs is 10. The van der Waals surface area contributed by atoms with E-state index in [2.05, 4.69) is 164 Å². The van der Waals surface area contributed by atoms with Crippen LogP contribution in [0, 0.1) is 18.8 Å². The number of nitrogens with zero attached hydrogens (tertiary/aromatic N) is 2. The number of rotatable bonds is 4. The number of hydrogen-bond acceptors (Lipinski definition) is 3. The van der Waals surface area contributed by atoms with E-state index in [4.69, 9.17) is 9.98 Å². The van der Waals surface area contributed by atoms with Crippen molar-refractivity contribution in [2.45, 2.75) is 27.7 Å². The lowest BCUT2D eigenvalue weighted by Gasteiger charge is -2.13. The monoisotopic (exact) mass is 722 g/mol. The number of aliphatic imine (C=N–C) groups is 1. The van der Waals surface area contributed by atoms with Gasteiger partial charge in [0.1, 0.15) is 0 Å². The molecular formula is C52H38N2S. The van der Waals surface area contributed by atoms with E-state index in [1.165, 1.54) is 85.9 Å². The van der Waals surface area contributed by atoms with Gasteiger partial charge in [-0.1, -0.05) is 109 Å². The molecule has 0 amide bonds. The zero-order chi connectivity index (χ0) is 37.5. The van der Waals surface area contributed by atoms with E-state index in [-0.39, 0.29) is 0 Å². The summed E-state index contributed by atoms with van der Waals surface area (Å²) in [5.74, 6) is 5.36. The van der Waals surface area contributed by atoms with E-state index in [9.17, 15) is 0 Å². The van der Waals surface area contributed by atoms with Crippen LogP contribution >= 0.6 is 11.3 Å². The Morgan fingerprint density at radius 1 is 0.509 bits per heavy atom. The Kier molecular flexibility index (Phi) is 8.90. The molecule has 0 atom stereocenters. The van der Waals surface area contributed by atoms with E-state index < -0.39 is 0 Å². The van der Waals surface area contributed by atoms with Crippen molar-refractivity contribution in [3.63, 3.8) is 0 Å². The zero-order valence-electron chi connectivity index (χ0n) is 31.3. The van der Waals surface area contributed by atoms with Crippen LogP contribution in [0.3, 0.4) is 0 Å². The quantitative estimate of drug-likeness (QED) is 0.101. The minimum absolute atomic E-state index is 0.961. The maximum absolute atomic E-state index is 4.82. The number of aromatic nitrogens is 1. The molecule has 0 saturated carbocycles. The van der Waals surface area contributed by atoms with Gasteiger partial charge in [-0.3, -0.25) is 9.98 Å². The molecule has 0 saturated heterocycles. The molecule has 0 bridgehead atoms. The van der Waals surface area contributed by atoms with Crippen molar-refractivity contribution in [2.75, 3.05) is 0 Å². The molecule has 3 heteroatoms. The molecule has 8 aromatic carbocycles. The van der Waals surface area contributed by atoms with Gasteiger partial charge in [0.15, 0.2) is 0 Å². The van der Waals surface area contributed by atoms with E-state index in [1.54, 1.807) is 0 Å². The molecule has 0 aliphatic carbocycles. The highest BCUT2D eigenvalue weighted by molar-refractivity contribution is 7.26. The highest BCUT2D eigenvalue weighted by atomic mass is 32.1. The summed E-state index contributed by atoms with van der Waals surface area (Å²) in [5, 5.41) is 11.4. The SMILES string of the molecule is CC#CC.CC=Nc1c(C)cnc2cccc(-c3cccc4sc5ccc(-c6cccc(-c7ccc8c9ccccc9c9ccccc9c8c7)c6)cc5c34)c12. The summed E-state index contributed by atoms with van der Waals surface area (Å²) >= 11 is 1.85. The summed E-state index contributed by atoms with van der Waals surface area (Å²) in [6.45, 7) is 7.70. The summed E-state index contributed by atoms with van der Waals surface area (Å²) < 4.78 is 2.56. The summed E-state index contributed by atoms with van der Waals surface area (Å²) in [4.78, 5) is 9.62. The van der Waals surface area contributed by atoms with Crippen molar-refractivity contribution in [1.82, 2.24) is 4.98 Å². The van der Waals surface area contributed by atoms with Gasteiger partial charge in [-0.15, -0.1) is 23.2 Å². The molecular weight excluding hydrogens is 685 g/mol. The molecule has 0 unspecified atom stereocenters. The van der Waals surface area contributed by atoms with Gasteiger partial charge in [0.05, 0.1) is 11.2 Å². The van der Waals surface area contributed by atoms with Crippen LogP contribution in [-0.4, -0.2) is 11.2 Å².